The van der Waals surface area contributed by atoms with Crippen LogP contribution in [0.3, 0.4) is 0 Å². The highest BCUT2D eigenvalue weighted by Gasteiger charge is 2.22. The SMILES string of the molecule is CC(=O)c1cc(F)ccc1OCC1CN(Cc2ccoc2)CCO1. The summed E-state index contributed by atoms with van der Waals surface area (Å²) in [4.78, 5) is 13.9. The van der Waals surface area contributed by atoms with E-state index in [9.17, 15) is 9.18 Å². The van der Waals surface area contributed by atoms with Crippen molar-refractivity contribution in [3.63, 3.8) is 0 Å². The molecule has 0 amide bonds. The van der Waals surface area contributed by atoms with Crippen molar-refractivity contribution >= 4 is 5.78 Å². The molecule has 0 aliphatic carbocycles. The Hall–Kier alpha value is -2.18. The molecule has 0 bridgehead atoms. The molecular formula is C18H20FNO4. The zero-order valence-corrected chi connectivity index (χ0v) is 13.5. The highest BCUT2D eigenvalue weighted by Crippen LogP contribution is 2.21. The molecule has 1 unspecified atom stereocenters. The molecule has 24 heavy (non-hydrogen) atoms. The van der Waals surface area contributed by atoms with Crippen LogP contribution in [0.15, 0.2) is 41.2 Å². The van der Waals surface area contributed by atoms with E-state index in [0.29, 0.717) is 19.0 Å². The van der Waals surface area contributed by atoms with E-state index >= 15 is 0 Å². The minimum atomic E-state index is -0.451. The number of carbonyl (C=O) groups is 1. The molecule has 1 fully saturated rings. The predicted octanol–water partition coefficient (Wildman–Crippen LogP) is 2.90. The third kappa shape index (κ3) is 4.21. The number of hydrogen-bond donors (Lipinski definition) is 0. The van der Waals surface area contributed by atoms with E-state index in [4.69, 9.17) is 13.9 Å². The van der Waals surface area contributed by atoms with Gasteiger partial charge < -0.3 is 13.9 Å². The van der Waals surface area contributed by atoms with Crippen molar-refractivity contribution < 1.29 is 23.1 Å². The first kappa shape index (κ1) is 16.7. The van der Waals surface area contributed by atoms with Crippen molar-refractivity contribution in [2.75, 3.05) is 26.3 Å². The normalized spacial score (nSPS) is 18.5. The lowest BCUT2D eigenvalue weighted by Crippen LogP contribution is -2.44. The maximum Gasteiger partial charge on any atom is 0.163 e. The van der Waals surface area contributed by atoms with Gasteiger partial charge in [-0.2, -0.15) is 0 Å². The van der Waals surface area contributed by atoms with E-state index in [1.54, 1.807) is 12.5 Å². The van der Waals surface area contributed by atoms with Gasteiger partial charge in [-0.25, -0.2) is 4.39 Å². The molecule has 1 aromatic carbocycles. The smallest absolute Gasteiger partial charge is 0.163 e. The number of carbonyl (C=O) groups excluding carboxylic acids is 1. The number of morpholine rings is 1. The Morgan fingerprint density at radius 1 is 1.42 bits per heavy atom. The third-order valence-electron chi connectivity index (χ3n) is 3.95. The topological polar surface area (TPSA) is 51.9 Å². The maximum absolute atomic E-state index is 13.3. The zero-order chi connectivity index (χ0) is 16.9. The van der Waals surface area contributed by atoms with E-state index in [0.717, 1.165) is 25.2 Å². The average molecular weight is 333 g/mol. The standard InChI is InChI=1S/C18H20FNO4/c1-13(21)17-8-15(19)2-3-18(17)24-12-16-10-20(5-7-23-16)9-14-4-6-22-11-14/h2-4,6,8,11,16H,5,7,9-10,12H2,1H3. The Labute approximate surface area is 140 Å². The van der Waals surface area contributed by atoms with Gasteiger partial charge in [0, 0.05) is 25.2 Å². The molecule has 0 spiro atoms. The van der Waals surface area contributed by atoms with Crippen molar-refractivity contribution in [3.05, 3.63) is 53.7 Å². The number of nitrogens with zero attached hydrogens (tertiary/aromatic N) is 1. The Morgan fingerprint density at radius 3 is 3.04 bits per heavy atom. The summed E-state index contributed by atoms with van der Waals surface area (Å²) >= 11 is 0. The number of halogens is 1. The number of benzene rings is 1. The van der Waals surface area contributed by atoms with Crippen LogP contribution in [0, 0.1) is 5.82 Å². The summed E-state index contributed by atoms with van der Waals surface area (Å²) in [5.74, 6) is -0.289. The van der Waals surface area contributed by atoms with Crippen molar-refractivity contribution in [2.24, 2.45) is 0 Å². The Kier molecular flexibility index (Phi) is 5.27. The summed E-state index contributed by atoms with van der Waals surface area (Å²) in [7, 11) is 0. The van der Waals surface area contributed by atoms with Gasteiger partial charge in [0.15, 0.2) is 5.78 Å². The number of Topliss-reactive ketones (excluding diaryl/α,β-unsaturated/α-hetero) is 1. The van der Waals surface area contributed by atoms with Gasteiger partial charge in [0.05, 0.1) is 24.7 Å². The largest absolute Gasteiger partial charge is 0.490 e. The minimum absolute atomic E-state index is 0.101. The van der Waals surface area contributed by atoms with E-state index in [1.165, 1.54) is 25.1 Å². The number of rotatable bonds is 6. The van der Waals surface area contributed by atoms with Gasteiger partial charge in [0.25, 0.3) is 0 Å². The highest BCUT2D eigenvalue weighted by molar-refractivity contribution is 5.96. The molecule has 2 aromatic rings. The molecule has 0 N–H and O–H groups in total. The van der Waals surface area contributed by atoms with E-state index in [2.05, 4.69) is 4.90 Å². The number of hydrogen-bond acceptors (Lipinski definition) is 5. The van der Waals surface area contributed by atoms with Gasteiger partial charge >= 0.3 is 0 Å². The summed E-state index contributed by atoms with van der Waals surface area (Å²) < 4.78 is 29.8. The van der Waals surface area contributed by atoms with Crippen molar-refractivity contribution in [1.29, 1.82) is 0 Å². The number of ether oxygens (including phenoxy) is 2. The van der Waals surface area contributed by atoms with Crippen molar-refractivity contribution in [1.82, 2.24) is 4.90 Å². The fraction of sp³-hybridized carbons (Fsp3) is 0.389. The van der Waals surface area contributed by atoms with Gasteiger partial charge in [-0.15, -0.1) is 0 Å². The first-order chi connectivity index (χ1) is 11.6. The van der Waals surface area contributed by atoms with Gasteiger partial charge in [-0.1, -0.05) is 0 Å². The molecule has 0 radical (unpaired) electrons. The second-order valence-corrected chi connectivity index (χ2v) is 5.87. The summed E-state index contributed by atoms with van der Waals surface area (Å²) in [5.41, 5.74) is 1.37. The van der Waals surface area contributed by atoms with Crippen LogP contribution >= 0.6 is 0 Å². The van der Waals surface area contributed by atoms with Gasteiger partial charge in [-0.3, -0.25) is 9.69 Å². The molecule has 1 aromatic heterocycles. The van der Waals surface area contributed by atoms with E-state index in [-0.39, 0.29) is 17.5 Å². The van der Waals surface area contributed by atoms with Crippen LogP contribution in [0.2, 0.25) is 0 Å². The third-order valence-corrected chi connectivity index (χ3v) is 3.95. The molecule has 6 heteroatoms. The monoisotopic (exact) mass is 333 g/mol. The first-order valence-corrected chi connectivity index (χ1v) is 7.90. The van der Waals surface area contributed by atoms with Crippen LogP contribution in [0.25, 0.3) is 0 Å². The second kappa shape index (κ2) is 7.59. The average Bonchev–Trinajstić information content (AvgIpc) is 3.07. The van der Waals surface area contributed by atoms with Crippen molar-refractivity contribution in [3.8, 4) is 5.75 Å². The maximum atomic E-state index is 13.3. The summed E-state index contributed by atoms with van der Waals surface area (Å²) in [6.45, 7) is 4.69. The van der Waals surface area contributed by atoms with Crippen LogP contribution in [0.5, 0.6) is 5.75 Å². The van der Waals surface area contributed by atoms with Crippen LogP contribution in [0.4, 0.5) is 4.39 Å². The van der Waals surface area contributed by atoms with Crippen LogP contribution < -0.4 is 4.74 Å². The van der Waals surface area contributed by atoms with Gasteiger partial charge in [-0.05, 0) is 31.2 Å². The quantitative estimate of drug-likeness (QED) is 0.761. The fourth-order valence-electron chi connectivity index (χ4n) is 2.75. The molecule has 3 rings (SSSR count). The van der Waals surface area contributed by atoms with Crippen molar-refractivity contribution in [2.45, 2.75) is 19.6 Å². The highest BCUT2D eigenvalue weighted by atomic mass is 19.1. The van der Waals surface area contributed by atoms with Crippen LogP contribution in [0.1, 0.15) is 22.8 Å². The number of furan rings is 1. The molecule has 1 aliphatic heterocycles. The fourth-order valence-corrected chi connectivity index (χ4v) is 2.75. The molecule has 1 saturated heterocycles. The van der Waals surface area contributed by atoms with Gasteiger partial charge in [0.1, 0.15) is 24.3 Å². The lowest BCUT2D eigenvalue weighted by Gasteiger charge is -2.32. The summed E-state index contributed by atoms with van der Waals surface area (Å²) in [6, 6.07) is 5.91. The minimum Gasteiger partial charge on any atom is -0.490 e. The Bertz CT molecular complexity index is 686. The second-order valence-electron chi connectivity index (χ2n) is 5.87. The summed E-state index contributed by atoms with van der Waals surface area (Å²) in [6.07, 6.45) is 3.29. The molecule has 128 valence electrons. The molecule has 1 aliphatic rings. The molecule has 5 nitrogen and oxygen atoms in total. The molecule has 0 saturated carbocycles. The molecule has 2 heterocycles. The number of ketones is 1. The predicted molar refractivity (Wildman–Crippen MR) is 85.6 cm³/mol. The lowest BCUT2D eigenvalue weighted by molar-refractivity contribution is -0.0505. The van der Waals surface area contributed by atoms with E-state index in [1.807, 2.05) is 6.07 Å². The Morgan fingerprint density at radius 2 is 2.29 bits per heavy atom. The van der Waals surface area contributed by atoms with Crippen LogP contribution in [-0.4, -0.2) is 43.1 Å². The lowest BCUT2D eigenvalue weighted by atomic mass is 10.1. The zero-order valence-electron chi connectivity index (χ0n) is 13.5. The molecule has 1 atom stereocenters. The molecular weight excluding hydrogens is 313 g/mol. The van der Waals surface area contributed by atoms with E-state index < -0.39 is 5.82 Å². The first-order valence-electron chi connectivity index (χ1n) is 7.90. The summed E-state index contributed by atoms with van der Waals surface area (Å²) in [5, 5.41) is 0. The Balaban J connectivity index is 1.57. The van der Waals surface area contributed by atoms with Crippen LogP contribution in [-0.2, 0) is 11.3 Å². The van der Waals surface area contributed by atoms with Gasteiger partial charge in [0.2, 0.25) is 0 Å².